The number of carboxylic acids is 1. The number of hydrogen-bond acceptors (Lipinski definition) is 3. The Kier molecular flexibility index (Phi) is 4.28. The number of methoxy groups -OCH3 is 1. The number of nitrogens with one attached hydrogen (secondary N) is 1. The first-order valence-corrected chi connectivity index (χ1v) is 8.84. The van der Waals surface area contributed by atoms with Crippen LogP contribution in [0.15, 0.2) is 36.5 Å². The van der Waals surface area contributed by atoms with Crippen LogP contribution in [-0.4, -0.2) is 29.1 Å². The Hall–Kier alpha value is -3.34. The van der Waals surface area contributed by atoms with E-state index in [4.69, 9.17) is 9.84 Å². The molecule has 4 rings (SSSR count). The number of carboxylic acid groups (broad SMARTS) is 1. The Morgan fingerprint density at radius 1 is 1.07 bits per heavy atom. The molecule has 0 saturated carbocycles. The van der Waals surface area contributed by atoms with Crippen LogP contribution >= 0.6 is 0 Å². The molecule has 1 aromatic heterocycles. The lowest BCUT2D eigenvalue weighted by Gasteiger charge is -2.20. The van der Waals surface area contributed by atoms with E-state index >= 15 is 0 Å². The average Bonchev–Trinajstić information content (AvgIpc) is 3.04. The van der Waals surface area contributed by atoms with Gasteiger partial charge in [0.05, 0.1) is 12.7 Å². The van der Waals surface area contributed by atoms with Crippen molar-refractivity contribution in [2.75, 3.05) is 7.11 Å². The van der Waals surface area contributed by atoms with Gasteiger partial charge in [-0.3, -0.25) is 4.79 Å². The number of fused-ring (bicyclic) bond motifs is 2. The van der Waals surface area contributed by atoms with Crippen LogP contribution in [0.2, 0.25) is 0 Å². The first-order valence-electron chi connectivity index (χ1n) is 8.84. The van der Waals surface area contributed by atoms with Gasteiger partial charge in [-0.15, -0.1) is 0 Å². The van der Waals surface area contributed by atoms with Crippen molar-refractivity contribution in [3.8, 4) is 11.1 Å². The topological polar surface area (TPSA) is 79.4 Å². The minimum Gasteiger partial charge on any atom is -0.481 e. The lowest BCUT2D eigenvalue weighted by Crippen LogP contribution is -2.08. The maximum absolute atomic E-state index is 12.0. The summed E-state index contributed by atoms with van der Waals surface area (Å²) in [6.45, 7) is 0. The molecule has 0 bridgehead atoms. The number of H-pyrrole nitrogens is 1. The zero-order valence-corrected chi connectivity index (χ0v) is 14.9. The third kappa shape index (κ3) is 2.91. The Balaban J connectivity index is 1.79. The standard InChI is InChI=1S/C22H19NO4/c1-27-22(26)18-11-10-15(14-8-9-16(14)18)17-5-3-6-19-21(17)13(12-23-19)4-2-7-20(24)25/h3,5-6,8-12,23H,2,4,7H2,1H3,(H,24,25). The van der Waals surface area contributed by atoms with Crippen LogP contribution in [0.3, 0.4) is 0 Å². The van der Waals surface area contributed by atoms with E-state index in [0.717, 1.165) is 38.7 Å². The van der Waals surface area contributed by atoms with E-state index in [1.807, 2.05) is 36.5 Å². The van der Waals surface area contributed by atoms with Crippen molar-refractivity contribution in [1.82, 2.24) is 4.98 Å². The molecule has 1 aliphatic carbocycles. The highest BCUT2D eigenvalue weighted by atomic mass is 16.5. The summed E-state index contributed by atoms with van der Waals surface area (Å²) in [6.07, 6.45) is 7.34. The van der Waals surface area contributed by atoms with Gasteiger partial charge in [-0.1, -0.05) is 30.4 Å². The summed E-state index contributed by atoms with van der Waals surface area (Å²) >= 11 is 0. The van der Waals surface area contributed by atoms with Crippen molar-refractivity contribution in [3.63, 3.8) is 0 Å². The van der Waals surface area contributed by atoms with E-state index in [9.17, 15) is 9.59 Å². The van der Waals surface area contributed by atoms with Crippen molar-refractivity contribution >= 4 is 35.0 Å². The fourth-order valence-corrected chi connectivity index (χ4v) is 3.70. The van der Waals surface area contributed by atoms with E-state index in [-0.39, 0.29) is 12.4 Å². The van der Waals surface area contributed by atoms with Gasteiger partial charge in [-0.25, -0.2) is 4.79 Å². The molecule has 2 aromatic carbocycles. The zero-order chi connectivity index (χ0) is 19.0. The number of aromatic amines is 1. The molecule has 136 valence electrons. The van der Waals surface area contributed by atoms with Gasteiger partial charge in [0.2, 0.25) is 0 Å². The second-order valence-corrected chi connectivity index (χ2v) is 6.60. The van der Waals surface area contributed by atoms with E-state index < -0.39 is 5.97 Å². The van der Waals surface area contributed by atoms with E-state index in [2.05, 4.69) is 11.1 Å². The molecule has 5 heteroatoms. The fourth-order valence-electron chi connectivity index (χ4n) is 3.70. The number of carbonyl (C=O) groups excluding carboxylic acids is 1. The van der Waals surface area contributed by atoms with Crippen LogP contribution in [0.25, 0.3) is 34.2 Å². The molecule has 0 radical (unpaired) electrons. The molecular weight excluding hydrogens is 342 g/mol. The van der Waals surface area contributed by atoms with E-state index in [1.54, 1.807) is 6.07 Å². The van der Waals surface area contributed by atoms with Crippen LogP contribution in [0.4, 0.5) is 0 Å². The summed E-state index contributed by atoms with van der Waals surface area (Å²) in [7, 11) is 1.38. The quantitative estimate of drug-likeness (QED) is 0.495. The summed E-state index contributed by atoms with van der Waals surface area (Å²) in [4.78, 5) is 26.1. The summed E-state index contributed by atoms with van der Waals surface area (Å²) in [5, 5.41) is 10.0. The third-order valence-electron chi connectivity index (χ3n) is 5.02. The van der Waals surface area contributed by atoms with Gasteiger partial charge in [0.1, 0.15) is 0 Å². The number of esters is 1. The molecule has 0 aliphatic heterocycles. The minimum absolute atomic E-state index is 0.154. The van der Waals surface area contributed by atoms with Gasteiger partial charge in [0, 0.05) is 23.5 Å². The minimum atomic E-state index is -0.778. The Morgan fingerprint density at radius 2 is 1.89 bits per heavy atom. The highest BCUT2D eigenvalue weighted by Crippen LogP contribution is 2.40. The molecule has 0 amide bonds. The average molecular weight is 361 g/mol. The summed E-state index contributed by atoms with van der Waals surface area (Å²) in [5.41, 5.74) is 6.77. The maximum atomic E-state index is 12.0. The molecule has 0 atom stereocenters. The van der Waals surface area contributed by atoms with Gasteiger partial charge in [0.25, 0.3) is 0 Å². The van der Waals surface area contributed by atoms with Crippen molar-refractivity contribution in [3.05, 3.63) is 58.8 Å². The second-order valence-electron chi connectivity index (χ2n) is 6.60. The smallest absolute Gasteiger partial charge is 0.338 e. The van der Waals surface area contributed by atoms with Crippen molar-refractivity contribution in [2.45, 2.75) is 19.3 Å². The van der Waals surface area contributed by atoms with Gasteiger partial charge < -0.3 is 14.8 Å². The third-order valence-corrected chi connectivity index (χ3v) is 5.02. The molecule has 0 fully saturated rings. The molecule has 27 heavy (non-hydrogen) atoms. The first kappa shape index (κ1) is 17.1. The van der Waals surface area contributed by atoms with Gasteiger partial charge in [-0.2, -0.15) is 0 Å². The van der Waals surface area contributed by atoms with Crippen molar-refractivity contribution in [2.24, 2.45) is 0 Å². The lowest BCUT2D eigenvalue weighted by molar-refractivity contribution is -0.137. The molecule has 1 heterocycles. The molecule has 1 aliphatic rings. The molecule has 0 saturated heterocycles. The highest BCUT2D eigenvalue weighted by Gasteiger charge is 2.22. The summed E-state index contributed by atoms with van der Waals surface area (Å²) < 4.78 is 4.87. The van der Waals surface area contributed by atoms with Gasteiger partial charge in [-0.05, 0) is 52.8 Å². The molecule has 5 nitrogen and oxygen atoms in total. The van der Waals surface area contributed by atoms with Gasteiger partial charge in [0.15, 0.2) is 0 Å². The SMILES string of the molecule is COC(=O)c1ccc(-c2cccc3[nH]cc(CCCC(=O)O)c23)c2c1C=C2. The lowest BCUT2D eigenvalue weighted by atomic mass is 9.84. The second kappa shape index (κ2) is 6.76. The summed E-state index contributed by atoms with van der Waals surface area (Å²) in [6, 6.07) is 9.84. The largest absolute Gasteiger partial charge is 0.481 e. The number of ether oxygens (including phenoxy) is 1. The van der Waals surface area contributed by atoms with Crippen LogP contribution < -0.4 is 0 Å². The summed E-state index contributed by atoms with van der Waals surface area (Å²) in [5.74, 6) is -1.11. The molecular formula is C22H19NO4. The molecule has 3 aromatic rings. The molecule has 0 unspecified atom stereocenters. The number of hydrogen-bond donors (Lipinski definition) is 2. The fraction of sp³-hybridized carbons (Fsp3) is 0.182. The predicted molar refractivity (Wildman–Crippen MR) is 105 cm³/mol. The maximum Gasteiger partial charge on any atom is 0.338 e. The number of carbonyl (C=O) groups is 2. The monoisotopic (exact) mass is 361 g/mol. The Morgan fingerprint density at radius 3 is 2.59 bits per heavy atom. The number of aryl methyl sites for hydroxylation is 1. The molecule has 2 N–H and O–H groups in total. The van der Waals surface area contributed by atoms with Crippen LogP contribution in [0.1, 0.15) is 39.9 Å². The number of rotatable bonds is 6. The van der Waals surface area contributed by atoms with E-state index in [1.165, 1.54) is 7.11 Å². The number of aliphatic carboxylic acids is 1. The normalized spacial score (nSPS) is 11.9. The first-order chi connectivity index (χ1) is 13.1. The van der Waals surface area contributed by atoms with E-state index in [0.29, 0.717) is 18.4 Å². The Bertz CT molecular complexity index is 1090. The Labute approximate surface area is 156 Å². The highest BCUT2D eigenvalue weighted by molar-refractivity contribution is 6.07. The number of aromatic nitrogens is 1. The van der Waals surface area contributed by atoms with Crippen molar-refractivity contribution in [1.29, 1.82) is 0 Å². The predicted octanol–water partition coefficient (Wildman–Crippen LogP) is 4.51. The number of benzene rings is 2. The molecule has 0 spiro atoms. The van der Waals surface area contributed by atoms with Crippen LogP contribution in [0.5, 0.6) is 0 Å². The van der Waals surface area contributed by atoms with Crippen LogP contribution in [-0.2, 0) is 16.0 Å². The van der Waals surface area contributed by atoms with Crippen molar-refractivity contribution < 1.29 is 19.4 Å². The van der Waals surface area contributed by atoms with Crippen LogP contribution in [0, 0.1) is 0 Å². The zero-order valence-electron chi connectivity index (χ0n) is 14.9. The van der Waals surface area contributed by atoms with Gasteiger partial charge >= 0.3 is 11.9 Å².